The Bertz CT molecular complexity index is 578. The first-order valence-electron chi connectivity index (χ1n) is 6.47. The molecule has 1 aromatic heterocycles. The molecule has 0 bridgehead atoms. The summed E-state index contributed by atoms with van der Waals surface area (Å²) in [5.41, 5.74) is 1.24. The van der Waals surface area contributed by atoms with E-state index in [9.17, 15) is 17.6 Å². The monoisotopic (exact) mass is 317 g/mol. The summed E-state index contributed by atoms with van der Waals surface area (Å²) in [6.07, 6.45) is -5.07. The van der Waals surface area contributed by atoms with E-state index in [1.165, 1.54) is 24.3 Å². The normalized spacial score (nSPS) is 13.4. The Morgan fingerprint density at radius 2 is 2.00 bits per heavy atom. The van der Waals surface area contributed by atoms with Crippen molar-refractivity contribution in [3.05, 3.63) is 47.1 Å². The van der Waals surface area contributed by atoms with Gasteiger partial charge in [-0.15, -0.1) is 11.3 Å². The molecule has 2 rings (SSSR count). The summed E-state index contributed by atoms with van der Waals surface area (Å²) in [5.74, 6) is -0.329. The van der Waals surface area contributed by atoms with Crippen molar-refractivity contribution in [2.45, 2.75) is 32.1 Å². The minimum absolute atomic E-state index is 0.274. The van der Waals surface area contributed by atoms with Crippen LogP contribution in [-0.4, -0.2) is 12.2 Å². The van der Waals surface area contributed by atoms with Crippen LogP contribution in [0.1, 0.15) is 18.9 Å². The van der Waals surface area contributed by atoms with Crippen molar-refractivity contribution in [1.82, 2.24) is 5.32 Å². The van der Waals surface area contributed by atoms with Crippen LogP contribution in [0.15, 0.2) is 35.7 Å². The van der Waals surface area contributed by atoms with Gasteiger partial charge in [0.1, 0.15) is 5.82 Å². The smallest absolute Gasteiger partial charge is 0.310 e. The molecule has 2 aromatic rings. The zero-order valence-corrected chi connectivity index (χ0v) is 12.2. The molecular weight excluding hydrogens is 302 g/mol. The minimum atomic E-state index is -4.18. The highest BCUT2D eigenvalue weighted by atomic mass is 32.1. The largest absolute Gasteiger partial charge is 0.390 e. The van der Waals surface area contributed by atoms with Crippen LogP contribution in [0.2, 0.25) is 0 Å². The van der Waals surface area contributed by atoms with Crippen LogP contribution in [0, 0.1) is 5.82 Å². The van der Waals surface area contributed by atoms with Crippen molar-refractivity contribution in [2.75, 3.05) is 0 Å². The number of alkyl halides is 3. The molecule has 0 aliphatic carbocycles. The molecule has 21 heavy (non-hydrogen) atoms. The van der Waals surface area contributed by atoms with Crippen LogP contribution in [-0.2, 0) is 6.54 Å². The predicted molar refractivity (Wildman–Crippen MR) is 76.7 cm³/mol. The molecule has 0 aliphatic heterocycles. The van der Waals surface area contributed by atoms with Gasteiger partial charge in [-0.05, 0) is 36.1 Å². The van der Waals surface area contributed by atoms with Gasteiger partial charge in [0, 0.05) is 23.0 Å². The van der Waals surface area contributed by atoms with Gasteiger partial charge in [0.05, 0.1) is 6.42 Å². The molecule has 0 radical (unpaired) electrons. The highest BCUT2D eigenvalue weighted by molar-refractivity contribution is 7.13. The van der Waals surface area contributed by atoms with Gasteiger partial charge >= 0.3 is 6.18 Å². The van der Waals surface area contributed by atoms with Gasteiger partial charge in [-0.2, -0.15) is 13.2 Å². The Morgan fingerprint density at radius 3 is 2.62 bits per heavy atom. The second kappa shape index (κ2) is 6.58. The molecule has 0 spiro atoms. The lowest BCUT2D eigenvalue weighted by molar-refractivity contribution is -0.139. The third-order valence-electron chi connectivity index (χ3n) is 3.01. The number of hydrogen-bond donors (Lipinski definition) is 1. The highest BCUT2D eigenvalue weighted by Gasteiger charge is 2.29. The van der Waals surface area contributed by atoms with Gasteiger partial charge in [0.2, 0.25) is 0 Å². The Morgan fingerprint density at radius 1 is 1.24 bits per heavy atom. The quantitative estimate of drug-likeness (QED) is 0.767. The molecule has 1 N–H and O–H groups in total. The Hall–Kier alpha value is -1.40. The van der Waals surface area contributed by atoms with Gasteiger partial charge in [-0.3, -0.25) is 0 Å². The van der Waals surface area contributed by atoms with E-state index in [0.29, 0.717) is 5.56 Å². The molecule has 6 heteroatoms. The number of hydrogen-bond acceptors (Lipinski definition) is 2. The summed E-state index contributed by atoms with van der Waals surface area (Å²) in [6.45, 7) is 1.76. The molecule has 0 aliphatic rings. The summed E-state index contributed by atoms with van der Waals surface area (Å²) in [7, 11) is 0. The SMILES string of the molecule is CC(CC(F)(F)F)NCc1ccc(F)c(-c2cccs2)c1. The lowest BCUT2D eigenvalue weighted by Crippen LogP contribution is -2.30. The first-order chi connectivity index (χ1) is 9.85. The molecule has 0 amide bonds. The molecule has 1 nitrogen and oxygen atoms in total. The number of benzene rings is 1. The lowest BCUT2D eigenvalue weighted by atomic mass is 10.1. The molecule has 0 fully saturated rings. The lowest BCUT2D eigenvalue weighted by Gasteiger charge is -2.16. The van der Waals surface area contributed by atoms with Crippen LogP contribution in [0.3, 0.4) is 0 Å². The molecule has 1 unspecified atom stereocenters. The molecular formula is C15H15F4NS. The standard InChI is InChI=1S/C15H15F4NS/c1-10(8-15(17,18)19)20-9-11-4-5-13(16)12(7-11)14-3-2-6-21-14/h2-7,10,20H,8-9H2,1H3. The third kappa shape index (κ3) is 4.82. The van der Waals surface area contributed by atoms with Crippen molar-refractivity contribution in [1.29, 1.82) is 0 Å². The van der Waals surface area contributed by atoms with Gasteiger partial charge in [-0.25, -0.2) is 4.39 Å². The number of halogens is 4. The van der Waals surface area contributed by atoms with Crippen molar-refractivity contribution >= 4 is 11.3 Å². The summed E-state index contributed by atoms with van der Waals surface area (Å²) < 4.78 is 50.5. The Balaban J connectivity index is 2.03. The van der Waals surface area contributed by atoms with Crippen LogP contribution in [0.25, 0.3) is 10.4 Å². The first-order valence-corrected chi connectivity index (χ1v) is 7.35. The Labute approximate surface area is 124 Å². The van der Waals surface area contributed by atoms with E-state index in [4.69, 9.17) is 0 Å². The summed E-state index contributed by atoms with van der Waals surface area (Å²) in [5, 5.41) is 4.66. The van der Waals surface area contributed by atoms with Crippen LogP contribution in [0.4, 0.5) is 17.6 Å². The van der Waals surface area contributed by atoms with E-state index < -0.39 is 18.6 Å². The van der Waals surface area contributed by atoms with E-state index in [1.807, 2.05) is 17.5 Å². The summed E-state index contributed by atoms with van der Waals surface area (Å²) in [4.78, 5) is 0.803. The van der Waals surface area contributed by atoms with Gasteiger partial charge in [-0.1, -0.05) is 12.1 Å². The van der Waals surface area contributed by atoms with Gasteiger partial charge < -0.3 is 5.32 Å². The van der Waals surface area contributed by atoms with Crippen molar-refractivity contribution in [3.8, 4) is 10.4 Å². The molecule has 1 atom stereocenters. The average molecular weight is 317 g/mol. The summed E-state index contributed by atoms with van der Waals surface area (Å²) in [6, 6.07) is 7.57. The topological polar surface area (TPSA) is 12.0 Å². The molecule has 1 aromatic carbocycles. The van der Waals surface area contributed by atoms with Crippen molar-refractivity contribution in [2.24, 2.45) is 0 Å². The van der Waals surface area contributed by atoms with Crippen molar-refractivity contribution < 1.29 is 17.6 Å². The average Bonchev–Trinajstić information content (AvgIpc) is 2.89. The van der Waals surface area contributed by atoms with Crippen LogP contribution in [0.5, 0.6) is 0 Å². The first kappa shape index (κ1) is 16.0. The second-order valence-electron chi connectivity index (χ2n) is 4.89. The fraction of sp³-hybridized carbons (Fsp3) is 0.333. The fourth-order valence-corrected chi connectivity index (χ4v) is 2.76. The molecule has 0 saturated carbocycles. The van der Waals surface area contributed by atoms with E-state index in [0.717, 1.165) is 10.4 Å². The van der Waals surface area contributed by atoms with E-state index in [1.54, 1.807) is 12.1 Å². The number of rotatable bonds is 5. The number of thiophene rings is 1. The minimum Gasteiger partial charge on any atom is -0.310 e. The van der Waals surface area contributed by atoms with E-state index in [2.05, 4.69) is 5.32 Å². The number of nitrogens with one attached hydrogen (secondary N) is 1. The molecule has 114 valence electrons. The Kier molecular flexibility index (Phi) is 5.00. The van der Waals surface area contributed by atoms with Crippen molar-refractivity contribution in [3.63, 3.8) is 0 Å². The van der Waals surface area contributed by atoms with E-state index in [-0.39, 0.29) is 12.4 Å². The fourth-order valence-electron chi connectivity index (χ4n) is 2.01. The predicted octanol–water partition coefficient (Wildman–Crippen LogP) is 4.98. The highest BCUT2D eigenvalue weighted by Crippen LogP contribution is 2.28. The zero-order chi connectivity index (χ0) is 15.5. The van der Waals surface area contributed by atoms with Crippen LogP contribution < -0.4 is 5.32 Å². The van der Waals surface area contributed by atoms with Crippen LogP contribution >= 0.6 is 11.3 Å². The second-order valence-corrected chi connectivity index (χ2v) is 5.84. The van der Waals surface area contributed by atoms with Gasteiger partial charge in [0.25, 0.3) is 0 Å². The van der Waals surface area contributed by atoms with E-state index >= 15 is 0 Å². The maximum Gasteiger partial charge on any atom is 0.390 e. The third-order valence-corrected chi connectivity index (χ3v) is 3.91. The van der Waals surface area contributed by atoms with Gasteiger partial charge in [0.15, 0.2) is 0 Å². The maximum atomic E-state index is 13.8. The molecule has 0 saturated heterocycles. The molecule has 1 heterocycles. The summed E-state index contributed by atoms with van der Waals surface area (Å²) >= 11 is 1.42. The maximum absolute atomic E-state index is 13.8. The zero-order valence-electron chi connectivity index (χ0n) is 11.4.